The number of piperazine rings is 1. The molecule has 0 aliphatic carbocycles. The van der Waals surface area contributed by atoms with Gasteiger partial charge in [-0.1, -0.05) is 25.1 Å². The molecule has 0 unspecified atom stereocenters. The summed E-state index contributed by atoms with van der Waals surface area (Å²) in [6.07, 6.45) is 2.84. The summed E-state index contributed by atoms with van der Waals surface area (Å²) in [4.78, 5) is 17.0. The number of amides is 1. The highest BCUT2D eigenvalue weighted by atomic mass is 19.1. The Labute approximate surface area is 160 Å². The summed E-state index contributed by atoms with van der Waals surface area (Å²) in [6, 6.07) is 12.5. The van der Waals surface area contributed by atoms with Crippen LogP contribution in [-0.2, 0) is 4.79 Å². The fourth-order valence-electron chi connectivity index (χ4n) is 3.26. The minimum Gasteiger partial charge on any atom is -0.369 e. The number of likely N-dealkylation sites (N-methyl/N-ethyl adjacent to an activating group) is 1. The van der Waals surface area contributed by atoms with Crippen molar-refractivity contribution in [3.63, 3.8) is 0 Å². The first-order valence-electron chi connectivity index (χ1n) is 9.38. The first-order valence-corrected chi connectivity index (χ1v) is 9.38. The van der Waals surface area contributed by atoms with Crippen LogP contribution in [0.4, 0.5) is 15.8 Å². The second kappa shape index (κ2) is 8.82. The third kappa shape index (κ3) is 4.95. The number of hydrogen-bond acceptors (Lipinski definition) is 3. The molecule has 1 aliphatic rings. The number of nitrogens with one attached hydrogen (secondary N) is 1. The summed E-state index contributed by atoms with van der Waals surface area (Å²) in [7, 11) is 0. The Hall–Kier alpha value is -2.66. The predicted octanol–water partition coefficient (Wildman–Crippen LogP) is 3.93. The molecular formula is C22H26FN3O. The molecule has 5 heteroatoms. The first-order chi connectivity index (χ1) is 13.1. The molecule has 1 aliphatic heterocycles. The largest absolute Gasteiger partial charge is 0.369 e. The monoisotopic (exact) mass is 367 g/mol. The smallest absolute Gasteiger partial charge is 0.248 e. The van der Waals surface area contributed by atoms with Gasteiger partial charge in [-0.3, -0.25) is 4.79 Å². The van der Waals surface area contributed by atoms with E-state index in [1.807, 2.05) is 19.1 Å². The van der Waals surface area contributed by atoms with E-state index in [1.165, 1.54) is 23.9 Å². The standard InChI is InChI=1S/C22H26FN3O/c1-3-25-12-14-26(15-13-25)19-9-10-21(17(2)16-19)24-22(27)11-8-18-6-4-5-7-20(18)23/h4-11,16H,3,12-15H2,1-2H3,(H,24,27)/b11-8+. The molecule has 1 N–H and O–H groups in total. The number of nitrogens with zero attached hydrogens (tertiary/aromatic N) is 2. The molecule has 1 heterocycles. The molecule has 0 bridgehead atoms. The fourth-order valence-corrected chi connectivity index (χ4v) is 3.26. The van der Waals surface area contributed by atoms with Gasteiger partial charge in [0, 0.05) is 49.2 Å². The van der Waals surface area contributed by atoms with Crippen molar-refractivity contribution < 1.29 is 9.18 Å². The summed E-state index contributed by atoms with van der Waals surface area (Å²) >= 11 is 0. The van der Waals surface area contributed by atoms with Crippen LogP contribution in [0, 0.1) is 12.7 Å². The van der Waals surface area contributed by atoms with Crippen LogP contribution in [0.15, 0.2) is 48.5 Å². The zero-order chi connectivity index (χ0) is 19.2. The van der Waals surface area contributed by atoms with Crippen LogP contribution in [0.3, 0.4) is 0 Å². The minimum atomic E-state index is -0.342. The lowest BCUT2D eigenvalue weighted by Crippen LogP contribution is -2.46. The van der Waals surface area contributed by atoms with E-state index in [2.05, 4.69) is 28.1 Å². The van der Waals surface area contributed by atoms with Gasteiger partial charge >= 0.3 is 0 Å². The quantitative estimate of drug-likeness (QED) is 0.814. The minimum absolute atomic E-state index is 0.273. The van der Waals surface area contributed by atoms with E-state index in [9.17, 15) is 9.18 Å². The number of aryl methyl sites for hydroxylation is 1. The number of carbonyl (C=O) groups excluding carboxylic acids is 1. The number of carbonyl (C=O) groups is 1. The van der Waals surface area contributed by atoms with Crippen LogP contribution in [0.2, 0.25) is 0 Å². The lowest BCUT2D eigenvalue weighted by Gasteiger charge is -2.35. The Bertz CT molecular complexity index is 826. The van der Waals surface area contributed by atoms with Crippen molar-refractivity contribution in [1.82, 2.24) is 4.90 Å². The summed E-state index contributed by atoms with van der Waals surface area (Å²) in [6.45, 7) is 9.47. The third-order valence-electron chi connectivity index (χ3n) is 4.97. The summed E-state index contributed by atoms with van der Waals surface area (Å²) < 4.78 is 13.6. The zero-order valence-corrected chi connectivity index (χ0v) is 15.9. The number of hydrogen-bond donors (Lipinski definition) is 1. The second-order valence-electron chi connectivity index (χ2n) is 6.76. The molecule has 1 amide bonds. The van der Waals surface area contributed by atoms with E-state index in [-0.39, 0.29) is 11.7 Å². The van der Waals surface area contributed by atoms with E-state index < -0.39 is 0 Å². The van der Waals surface area contributed by atoms with Crippen molar-refractivity contribution in [3.05, 3.63) is 65.5 Å². The van der Waals surface area contributed by atoms with Gasteiger partial charge in [-0.05, 0) is 49.4 Å². The zero-order valence-electron chi connectivity index (χ0n) is 15.9. The average molecular weight is 367 g/mol. The molecule has 0 saturated carbocycles. The Morgan fingerprint density at radius 2 is 1.89 bits per heavy atom. The van der Waals surface area contributed by atoms with Gasteiger partial charge < -0.3 is 15.1 Å². The molecule has 0 aromatic heterocycles. The molecule has 3 rings (SSSR count). The highest BCUT2D eigenvalue weighted by Gasteiger charge is 2.16. The van der Waals surface area contributed by atoms with Crippen LogP contribution in [0.25, 0.3) is 6.08 Å². The maximum Gasteiger partial charge on any atom is 0.248 e. The number of anilines is 2. The van der Waals surface area contributed by atoms with Crippen molar-refractivity contribution in [2.75, 3.05) is 42.9 Å². The van der Waals surface area contributed by atoms with Crippen molar-refractivity contribution in [1.29, 1.82) is 0 Å². The lowest BCUT2D eigenvalue weighted by atomic mass is 10.1. The average Bonchev–Trinajstić information content (AvgIpc) is 2.69. The normalized spacial score (nSPS) is 15.3. The van der Waals surface area contributed by atoms with E-state index in [1.54, 1.807) is 18.2 Å². The van der Waals surface area contributed by atoms with Crippen molar-refractivity contribution in [3.8, 4) is 0 Å². The molecule has 142 valence electrons. The molecule has 2 aromatic rings. The van der Waals surface area contributed by atoms with Crippen LogP contribution in [0.1, 0.15) is 18.1 Å². The Kier molecular flexibility index (Phi) is 6.24. The number of benzene rings is 2. The molecule has 0 atom stereocenters. The highest BCUT2D eigenvalue weighted by molar-refractivity contribution is 6.02. The molecule has 27 heavy (non-hydrogen) atoms. The van der Waals surface area contributed by atoms with Crippen molar-refractivity contribution in [2.45, 2.75) is 13.8 Å². The van der Waals surface area contributed by atoms with Crippen LogP contribution < -0.4 is 10.2 Å². The first kappa shape index (κ1) is 19.1. The Balaban J connectivity index is 1.62. The molecule has 2 aromatic carbocycles. The van der Waals surface area contributed by atoms with Gasteiger partial charge in [0.2, 0.25) is 5.91 Å². The lowest BCUT2D eigenvalue weighted by molar-refractivity contribution is -0.111. The fraction of sp³-hybridized carbons (Fsp3) is 0.318. The SMILES string of the molecule is CCN1CCN(c2ccc(NC(=O)/C=C/c3ccccc3F)c(C)c2)CC1. The Morgan fingerprint density at radius 1 is 1.15 bits per heavy atom. The second-order valence-corrected chi connectivity index (χ2v) is 6.76. The third-order valence-corrected chi connectivity index (χ3v) is 4.97. The summed E-state index contributed by atoms with van der Waals surface area (Å²) in [5.41, 5.74) is 3.36. The molecule has 4 nitrogen and oxygen atoms in total. The molecule has 1 fully saturated rings. The van der Waals surface area contributed by atoms with E-state index >= 15 is 0 Å². The van der Waals surface area contributed by atoms with Crippen LogP contribution >= 0.6 is 0 Å². The highest BCUT2D eigenvalue weighted by Crippen LogP contribution is 2.24. The molecule has 0 radical (unpaired) electrons. The van der Waals surface area contributed by atoms with Gasteiger partial charge in [0.25, 0.3) is 0 Å². The van der Waals surface area contributed by atoms with Gasteiger partial charge in [0.1, 0.15) is 5.82 Å². The molecule has 0 spiro atoms. The van der Waals surface area contributed by atoms with Crippen molar-refractivity contribution in [2.24, 2.45) is 0 Å². The van der Waals surface area contributed by atoms with E-state index in [4.69, 9.17) is 0 Å². The molecule has 1 saturated heterocycles. The summed E-state index contributed by atoms with van der Waals surface area (Å²) in [5.74, 6) is -0.615. The summed E-state index contributed by atoms with van der Waals surface area (Å²) in [5, 5.41) is 2.87. The van der Waals surface area contributed by atoms with E-state index in [0.29, 0.717) is 5.56 Å². The van der Waals surface area contributed by atoms with Gasteiger partial charge in [0.15, 0.2) is 0 Å². The number of halogens is 1. The Morgan fingerprint density at radius 3 is 2.56 bits per heavy atom. The van der Waals surface area contributed by atoms with Crippen LogP contribution in [0.5, 0.6) is 0 Å². The molecular weight excluding hydrogens is 341 g/mol. The maximum absolute atomic E-state index is 13.6. The van der Waals surface area contributed by atoms with Crippen LogP contribution in [-0.4, -0.2) is 43.5 Å². The van der Waals surface area contributed by atoms with Crippen molar-refractivity contribution >= 4 is 23.4 Å². The number of rotatable bonds is 5. The van der Waals surface area contributed by atoms with E-state index in [0.717, 1.165) is 44.0 Å². The van der Waals surface area contributed by atoms with Gasteiger partial charge in [-0.2, -0.15) is 0 Å². The van der Waals surface area contributed by atoms with Gasteiger partial charge in [0.05, 0.1) is 0 Å². The maximum atomic E-state index is 13.6. The van der Waals surface area contributed by atoms with Gasteiger partial charge in [-0.15, -0.1) is 0 Å². The van der Waals surface area contributed by atoms with Gasteiger partial charge in [-0.25, -0.2) is 4.39 Å². The predicted molar refractivity (Wildman–Crippen MR) is 110 cm³/mol. The topological polar surface area (TPSA) is 35.6 Å².